The molecule has 150 valence electrons. The van der Waals surface area contributed by atoms with Crippen LogP contribution in [0.25, 0.3) is 0 Å². The van der Waals surface area contributed by atoms with Gasteiger partial charge in [-0.1, -0.05) is 0 Å². The first kappa shape index (κ1) is 19.9. The van der Waals surface area contributed by atoms with Crippen molar-refractivity contribution in [2.24, 2.45) is 0 Å². The fraction of sp³-hybridized carbons (Fsp3) is 0.429. The van der Waals surface area contributed by atoms with Crippen LogP contribution in [0.15, 0.2) is 47.1 Å². The molecule has 1 aromatic heterocycles. The van der Waals surface area contributed by atoms with Crippen LogP contribution in [0.2, 0.25) is 0 Å². The first-order valence-corrected chi connectivity index (χ1v) is 9.63. The summed E-state index contributed by atoms with van der Waals surface area (Å²) in [6.45, 7) is 6.32. The third-order valence-corrected chi connectivity index (χ3v) is 5.01. The van der Waals surface area contributed by atoms with Gasteiger partial charge in [0.05, 0.1) is 12.8 Å². The van der Waals surface area contributed by atoms with E-state index < -0.39 is 0 Å². The minimum absolute atomic E-state index is 0.0776. The molecule has 0 unspecified atom stereocenters. The molecule has 0 saturated carbocycles. The normalized spacial score (nSPS) is 14.7. The Labute approximate surface area is 165 Å². The van der Waals surface area contributed by atoms with Crippen LogP contribution in [-0.2, 0) is 16.1 Å². The number of likely N-dealkylation sites (N-methyl/N-ethyl adjacent to an activating group) is 1. The molecule has 0 radical (unpaired) electrons. The molecule has 0 bridgehead atoms. The van der Waals surface area contributed by atoms with Gasteiger partial charge in [-0.05, 0) is 43.4 Å². The first-order valence-electron chi connectivity index (χ1n) is 9.63. The highest BCUT2D eigenvalue weighted by Gasteiger charge is 2.16. The summed E-state index contributed by atoms with van der Waals surface area (Å²) in [5.41, 5.74) is 1.97. The quantitative estimate of drug-likeness (QED) is 0.792. The summed E-state index contributed by atoms with van der Waals surface area (Å²) in [7, 11) is 2.13. The van der Waals surface area contributed by atoms with Crippen molar-refractivity contribution in [2.45, 2.75) is 19.9 Å². The van der Waals surface area contributed by atoms with Gasteiger partial charge >= 0.3 is 0 Å². The van der Waals surface area contributed by atoms with Gasteiger partial charge in [0.2, 0.25) is 11.8 Å². The fourth-order valence-electron chi connectivity index (χ4n) is 3.28. The average Bonchev–Trinajstić information content (AvgIpc) is 3.21. The predicted octanol–water partition coefficient (Wildman–Crippen LogP) is 2.09. The molecule has 2 aromatic rings. The third kappa shape index (κ3) is 5.36. The Morgan fingerprint density at radius 2 is 1.82 bits per heavy atom. The summed E-state index contributed by atoms with van der Waals surface area (Å²) >= 11 is 0. The van der Waals surface area contributed by atoms with Crippen LogP contribution >= 0.6 is 0 Å². The summed E-state index contributed by atoms with van der Waals surface area (Å²) in [6, 6.07) is 11.6. The topological polar surface area (TPSA) is 69.0 Å². The van der Waals surface area contributed by atoms with E-state index in [9.17, 15) is 9.59 Å². The second kappa shape index (κ2) is 9.41. The van der Waals surface area contributed by atoms with Gasteiger partial charge in [-0.25, -0.2) is 0 Å². The van der Waals surface area contributed by atoms with Crippen molar-refractivity contribution in [1.82, 2.24) is 10.2 Å². The second-order valence-electron chi connectivity index (χ2n) is 7.08. The van der Waals surface area contributed by atoms with Crippen molar-refractivity contribution < 1.29 is 14.0 Å². The maximum Gasteiger partial charge on any atom is 0.223 e. The van der Waals surface area contributed by atoms with Crippen LogP contribution in [0.5, 0.6) is 0 Å². The highest BCUT2D eigenvalue weighted by Crippen LogP contribution is 2.22. The van der Waals surface area contributed by atoms with Crippen molar-refractivity contribution in [1.29, 1.82) is 0 Å². The van der Waals surface area contributed by atoms with E-state index in [1.54, 1.807) is 17.2 Å². The summed E-state index contributed by atoms with van der Waals surface area (Å²) in [5.74, 6) is 0.513. The fourth-order valence-corrected chi connectivity index (χ4v) is 3.28. The smallest absolute Gasteiger partial charge is 0.223 e. The van der Waals surface area contributed by atoms with E-state index in [1.807, 2.05) is 30.3 Å². The number of piperazine rings is 1. The molecular formula is C21H28N4O3. The molecule has 3 rings (SSSR count). The van der Waals surface area contributed by atoms with Crippen LogP contribution in [0.1, 0.15) is 19.1 Å². The van der Waals surface area contributed by atoms with Gasteiger partial charge < -0.3 is 24.4 Å². The molecule has 7 nitrogen and oxygen atoms in total. The zero-order chi connectivity index (χ0) is 19.9. The van der Waals surface area contributed by atoms with E-state index >= 15 is 0 Å². The standard InChI is InChI=1S/C21H28N4O3/c1-17(26)25(10-9-21(27)22-16-20-4-3-15-28-20)19-7-5-18(6-8-19)24-13-11-23(2)12-14-24/h3-8,15H,9-14,16H2,1-2H3,(H,22,27). The molecule has 1 N–H and O–H groups in total. The molecule has 1 aliphatic heterocycles. The Balaban J connectivity index is 1.54. The van der Waals surface area contributed by atoms with Gasteiger partial charge in [0.15, 0.2) is 0 Å². The molecule has 0 aliphatic carbocycles. The minimum atomic E-state index is -0.114. The number of amides is 2. The van der Waals surface area contributed by atoms with E-state index in [-0.39, 0.29) is 18.2 Å². The molecule has 28 heavy (non-hydrogen) atoms. The van der Waals surface area contributed by atoms with Crippen molar-refractivity contribution in [2.75, 3.05) is 49.6 Å². The number of hydrogen-bond acceptors (Lipinski definition) is 5. The zero-order valence-electron chi connectivity index (χ0n) is 16.6. The van der Waals surface area contributed by atoms with Crippen LogP contribution in [-0.4, -0.2) is 56.5 Å². The van der Waals surface area contributed by atoms with E-state index in [4.69, 9.17) is 4.42 Å². The Hall–Kier alpha value is -2.80. The Morgan fingerprint density at radius 1 is 1.11 bits per heavy atom. The van der Waals surface area contributed by atoms with E-state index in [0.29, 0.717) is 18.8 Å². The molecule has 0 atom stereocenters. The number of carbonyl (C=O) groups excluding carboxylic acids is 2. The zero-order valence-corrected chi connectivity index (χ0v) is 16.6. The van der Waals surface area contributed by atoms with Crippen LogP contribution in [0.3, 0.4) is 0 Å². The monoisotopic (exact) mass is 384 g/mol. The molecule has 7 heteroatoms. The molecular weight excluding hydrogens is 356 g/mol. The average molecular weight is 384 g/mol. The van der Waals surface area contributed by atoms with Gasteiger partial charge in [0, 0.05) is 57.4 Å². The van der Waals surface area contributed by atoms with Gasteiger partial charge in [0.25, 0.3) is 0 Å². The second-order valence-corrected chi connectivity index (χ2v) is 7.08. The summed E-state index contributed by atoms with van der Waals surface area (Å²) < 4.78 is 5.20. The molecule has 1 aromatic carbocycles. The third-order valence-electron chi connectivity index (χ3n) is 5.01. The van der Waals surface area contributed by atoms with Gasteiger partial charge in [-0.2, -0.15) is 0 Å². The Kier molecular flexibility index (Phi) is 6.71. The van der Waals surface area contributed by atoms with Crippen LogP contribution in [0.4, 0.5) is 11.4 Å². The summed E-state index contributed by atoms with van der Waals surface area (Å²) in [5, 5.41) is 2.81. The highest BCUT2D eigenvalue weighted by molar-refractivity contribution is 5.92. The Morgan fingerprint density at radius 3 is 2.43 bits per heavy atom. The maximum atomic E-state index is 12.1. The Bertz CT molecular complexity index is 765. The lowest BCUT2D eigenvalue weighted by Crippen LogP contribution is -2.44. The SMILES string of the molecule is CC(=O)N(CCC(=O)NCc1ccco1)c1ccc(N2CCN(C)CC2)cc1. The lowest BCUT2D eigenvalue weighted by Gasteiger charge is -2.34. The number of hydrogen-bond donors (Lipinski definition) is 1. The van der Waals surface area contributed by atoms with Gasteiger partial charge in [-0.15, -0.1) is 0 Å². The molecule has 1 saturated heterocycles. The molecule has 0 spiro atoms. The van der Waals surface area contributed by atoms with Gasteiger partial charge in [0.1, 0.15) is 5.76 Å². The largest absolute Gasteiger partial charge is 0.467 e. The molecule has 1 fully saturated rings. The van der Waals surface area contributed by atoms with Crippen molar-refractivity contribution >= 4 is 23.2 Å². The van der Waals surface area contributed by atoms with E-state index in [1.165, 1.54) is 6.92 Å². The lowest BCUT2D eigenvalue weighted by atomic mass is 10.2. The van der Waals surface area contributed by atoms with E-state index in [2.05, 4.69) is 22.2 Å². The summed E-state index contributed by atoms with van der Waals surface area (Å²) in [6.07, 6.45) is 1.81. The number of anilines is 2. The highest BCUT2D eigenvalue weighted by atomic mass is 16.3. The van der Waals surface area contributed by atoms with E-state index in [0.717, 1.165) is 37.6 Å². The lowest BCUT2D eigenvalue weighted by molar-refractivity contribution is -0.121. The molecule has 1 aliphatic rings. The van der Waals surface area contributed by atoms with Crippen LogP contribution in [0, 0.1) is 0 Å². The first-order chi connectivity index (χ1) is 13.5. The number of furan rings is 1. The van der Waals surface area contributed by atoms with Gasteiger partial charge in [-0.3, -0.25) is 9.59 Å². The number of nitrogens with one attached hydrogen (secondary N) is 1. The molecule has 2 amide bonds. The van der Waals surface area contributed by atoms with Crippen LogP contribution < -0.4 is 15.1 Å². The number of benzene rings is 1. The van der Waals surface area contributed by atoms with Crippen molar-refractivity contribution in [3.8, 4) is 0 Å². The molecule has 2 heterocycles. The van der Waals surface area contributed by atoms with Crippen molar-refractivity contribution in [3.05, 3.63) is 48.4 Å². The van der Waals surface area contributed by atoms with Crippen molar-refractivity contribution in [3.63, 3.8) is 0 Å². The maximum absolute atomic E-state index is 12.1. The predicted molar refractivity (Wildman–Crippen MR) is 109 cm³/mol. The number of nitrogens with zero attached hydrogens (tertiary/aromatic N) is 3. The minimum Gasteiger partial charge on any atom is -0.467 e. The number of rotatable bonds is 7. The number of carbonyl (C=O) groups is 2. The summed E-state index contributed by atoms with van der Waals surface area (Å²) in [4.78, 5) is 30.5.